The third-order valence-corrected chi connectivity index (χ3v) is 3.33. The third-order valence-electron chi connectivity index (χ3n) is 3.33. The number of halogens is 3. The summed E-state index contributed by atoms with van der Waals surface area (Å²) in [6, 6.07) is 3.19. The fraction of sp³-hybridized carbons (Fsp3) is 0.250. The zero-order valence-corrected chi connectivity index (χ0v) is 12.3. The van der Waals surface area contributed by atoms with E-state index in [2.05, 4.69) is 21.9 Å². The lowest BCUT2D eigenvalue weighted by molar-refractivity contribution is -0.140. The van der Waals surface area contributed by atoms with Gasteiger partial charge in [-0.2, -0.15) is 13.2 Å². The number of alkyl halides is 3. The molecule has 4 nitrogen and oxygen atoms in total. The minimum Gasteiger partial charge on any atom is -0.458 e. The Kier molecular flexibility index (Phi) is 3.94. The third kappa shape index (κ3) is 3.61. The van der Waals surface area contributed by atoms with Crippen LogP contribution in [0.15, 0.2) is 48.5 Å². The maximum absolute atomic E-state index is 12.6. The Morgan fingerprint density at radius 3 is 2.83 bits per heavy atom. The molecule has 23 heavy (non-hydrogen) atoms. The topological polar surface area (TPSA) is 50.8 Å². The van der Waals surface area contributed by atoms with Gasteiger partial charge in [-0.3, -0.25) is 4.98 Å². The summed E-state index contributed by atoms with van der Waals surface area (Å²) in [5.41, 5.74) is -0.626. The molecule has 0 saturated carbocycles. The highest BCUT2D eigenvalue weighted by Gasteiger charge is 2.33. The minimum absolute atomic E-state index is 0.0457. The van der Waals surface area contributed by atoms with Gasteiger partial charge in [0.1, 0.15) is 22.9 Å². The number of H-pyrrole nitrogens is 1. The van der Waals surface area contributed by atoms with Crippen molar-refractivity contribution in [3.05, 3.63) is 54.2 Å². The summed E-state index contributed by atoms with van der Waals surface area (Å²) in [5.74, 6) is 1.63. The van der Waals surface area contributed by atoms with Gasteiger partial charge in [0.2, 0.25) is 0 Å². The summed E-state index contributed by atoms with van der Waals surface area (Å²) in [7, 11) is 0. The van der Waals surface area contributed by atoms with Crippen LogP contribution >= 0.6 is 0 Å². The Labute approximate surface area is 130 Å². The fourth-order valence-corrected chi connectivity index (χ4v) is 2.21. The molecule has 0 aromatic carbocycles. The number of imidazole rings is 1. The number of allylic oxidation sites excluding steroid dienone is 3. The molecular weight excluding hydrogens is 307 g/mol. The first-order valence-electron chi connectivity index (χ1n) is 7.06. The van der Waals surface area contributed by atoms with E-state index in [0.29, 0.717) is 17.4 Å². The van der Waals surface area contributed by atoms with E-state index in [1.807, 2.05) is 18.2 Å². The molecule has 0 fully saturated rings. The molecule has 1 aliphatic rings. The lowest BCUT2D eigenvalue weighted by Crippen LogP contribution is -2.05. The van der Waals surface area contributed by atoms with E-state index in [0.717, 1.165) is 12.6 Å². The van der Waals surface area contributed by atoms with Crippen LogP contribution in [-0.4, -0.2) is 15.0 Å². The Hall–Kier alpha value is -2.57. The summed E-state index contributed by atoms with van der Waals surface area (Å²) < 4.78 is 43.6. The van der Waals surface area contributed by atoms with Gasteiger partial charge in [0, 0.05) is 12.3 Å². The number of nitrogens with one attached hydrogen (secondary N) is 1. The first kappa shape index (κ1) is 15.3. The zero-order chi connectivity index (χ0) is 16.4. The van der Waals surface area contributed by atoms with Crippen LogP contribution in [0.1, 0.15) is 19.0 Å². The number of hydrogen-bond acceptors (Lipinski definition) is 3. The maximum atomic E-state index is 12.6. The van der Waals surface area contributed by atoms with E-state index in [4.69, 9.17) is 4.74 Å². The molecule has 1 atom stereocenters. The van der Waals surface area contributed by atoms with Crippen LogP contribution in [0, 0.1) is 5.92 Å². The van der Waals surface area contributed by atoms with Crippen molar-refractivity contribution in [3.8, 4) is 17.3 Å². The van der Waals surface area contributed by atoms with E-state index >= 15 is 0 Å². The highest BCUT2D eigenvalue weighted by atomic mass is 19.4. The van der Waals surface area contributed by atoms with Gasteiger partial charge >= 0.3 is 6.18 Å². The molecule has 0 bridgehead atoms. The number of nitrogens with zero attached hydrogens (tertiary/aromatic N) is 2. The second-order valence-corrected chi connectivity index (χ2v) is 5.31. The van der Waals surface area contributed by atoms with Crippen molar-refractivity contribution >= 4 is 0 Å². The fourth-order valence-electron chi connectivity index (χ4n) is 2.21. The minimum atomic E-state index is -4.47. The average Bonchev–Trinajstić information content (AvgIpc) is 2.97. The predicted octanol–water partition coefficient (Wildman–Crippen LogP) is 4.35. The Morgan fingerprint density at radius 2 is 2.13 bits per heavy atom. The number of aromatic nitrogens is 3. The first-order valence-corrected chi connectivity index (χ1v) is 7.06. The first-order chi connectivity index (χ1) is 10.9. The lowest BCUT2D eigenvalue weighted by atomic mass is 10.0. The molecule has 7 heteroatoms. The van der Waals surface area contributed by atoms with Gasteiger partial charge in [0.25, 0.3) is 0 Å². The summed E-state index contributed by atoms with van der Waals surface area (Å²) in [5, 5.41) is 0. The molecule has 2 aromatic heterocycles. The van der Waals surface area contributed by atoms with Gasteiger partial charge in [-0.1, -0.05) is 13.0 Å². The van der Waals surface area contributed by atoms with Crippen LogP contribution in [-0.2, 0) is 6.18 Å². The van der Waals surface area contributed by atoms with Crippen molar-refractivity contribution in [2.75, 3.05) is 0 Å². The SMILES string of the molecule is CC1C=C(Oc2ccnc(-c3ncc(C(F)(F)F)[nH]3)c2)C=CC1. The summed E-state index contributed by atoms with van der Waals surface area (Å²) in [6.45, 7) is 2.08. The van der Waals surface area contributed by atoms with Gasteiger partial charge in [0.05, 0.1) is 6.20 Å². The van der Waals surface area contributed by atoms with E-state index in [-0.39, 0.29) is 11.5 Å². The molecule has 0 spiro atoms. The molecule has 2 heterocycles. The van der Waals surface area contributed by atoms with E-state index < -0.39 is 11.9 Å². The van der Waals surface area contributed by atoms with Gasteiger partial charge in [-0.05, 0) is 30.6 Å². The van der Waals surface area contributed by atoms with E-state index in [9.17, 15) is 13.2 Å². The maximum Gasteiger partial charge on any atom is 0.432 e. The number of aromatic amines is 1. The molecule has 0 radical (unpaired) electrons. The molecule has 120 valence electrons. The van der Waals surface area contributed by atoms with Gasteiger partial charge < -0.3 is 9.72 Å². The largest absolute Gasteiger partial charge is 0.458 e. The molecule has 3 rings (SSSR count). The number of hydrogen-bond donors (Lipinski definition) is 1. The normalized spacial score (nSPS) is 17.9. The van der Waals surface area contributed by atoms with Crippen molar-refractivity contribution in [2.45, 2.75) is 19.5 Å². The van der Waals surface area contributed by atoms with E-state index in [1.165, 1.54) is 6.20 Å². The molecule has 1 unspecified atom stereocenters. The van der Waals surface area contributed by atoms with Gasteiger partial charge in [-0.15, -0.1) is 0 Å². The number of rotatable bonds is 3. The van der Waals surface area contributed by atoms with Gasteiger partial charge in [0.15, 0.2) is 5.82 Å². The number of pyridine rings is 1. The zero-order valence-electron chi connectivity index (χ0n) is 12.3. The highest BCUT2D eigenvalue weighted by Crippen LogP contribution is 2.30. The molecule has 1 aliphatic carbocycles. The van der Waals surface area contributed by atoms with Crippen LogP contribution in [0.2, 0.25) is 0 Å². The molecular formula is C16H14F3N3O. The second kappa shape index (κ2) is 5.91. The molecule has 1 N–H and O–H groups in total. The van der Waals surface area contributed by atoms with Crippen LogP contribution < -0.4 is 4.74 Å². The summed E-state index contributed by atoms with van der Waals surface area (Å²) in [4.78, 5) is 9.99. The quantitative estimate of drug-likeness (QED) is 0.914. The summed E-state index contributed by atoms with van der Waals surface area (Å²) >= 11 is 0. The van der Waals surface area contributed by atoms with Crippen LogP contribution in [0.4, 0.5) is 13.2 Å². The Balaban J connectivity index is 1.83. The Morgan fingerprint density at radius 1 is 1.30 bits per heavy atom. The molecule has 0 aliphatic heterocycles. The van der Waals surface area contributed by atoms with Crippen LogP contribution in [0.25, 0.3) is 11.5 Å². The van der Waals surface area contributed by atoms with Crippen molar-refractivity contribution in [1.82, 2.24) is 15.0 Å². The predicted molar refractivity (Wildman–Crippen MR) is 78.5 cm³/mol. The summed E-state index contributed by atoms with van der Waals surface area (Å²) in [6.07, 6.45) is 4.59. The Bertz CT molecular complexity index is 762. The molecule has 0 amide bonds. The average molecular weight is 321 g/mol. The monoisotopic (exact) mass is 321 g/mol. The standard InChI is InChI=1S/C16H14F3N3O/c1-10-3-2-4-11(7-10)23-12-5-6-20-13(8-12)15-21-9-14(22-15)16(17,18)19/h2,4-10H,3H2,1H3,(H,21,22). The smallest absolute Gasteiger partial charge is 0.432 e. The molecule has 2 aromatic rings. The second-order valence-electron chi connectivity index (χ2n) is 5.31. The van der Waals surface area contributed by atoms with Crippen LogP contribution in [0.3, 0.4) is 0 Å². The van der Waals surface area contributed by atoms with Crippen molar-refractivity contribution in [2.24, 2.45) is 5.92 Å². The van der Waals surface area contributed by atoms with Crippen molar-refractivity contribution < 1.29 is 17.9 Å². The highest BCUT2D eigenvalue weighted by molar-refractivity contribution is 5.52. The van der Waals surface area contributed by atoms with Crippen molar-refractivity contribution in [3.63, 3.8) is 0 Å². The van der Waals surface area contributed by atoms with Crippen molar-refractivity contribution in [1.29, 1.82) is 0 Å². The molecule has 0 saturated heterocycles. The van der Waals surface area contributed by atoms with E-state index in [1.54, 1.807) is 12.1 Å². The van der Waals surface area contributed by atoms with Crippen LogP contribution in [0.5, 0.6) is 5.75 Å². The number of ether oxygens (including phenoxy) is 1. The van der Waals surface area contributed by atoms with Gasteiger partial charge in [-0.25, -0.2) is 4.98 Å². The lowest BCUT2D eigenvalue weighted by Gasteiger charge is -2.13.